The van der Waals surface area contributed by atoms with Crippen molar-refractivity contribution >= 4 is 32.2 Å². The first kappa shape index (κ1) is 7.68. The van der Waals surface area contributed by atoms with Crippen LogP contribution in [0.5, 0.6) is 0 Å². The van der Waals surface area contributed by atoms with E-state index in [4.69, 9.17) is 10.7 Å². The first-order valence-corrected chi connectivity index (χ1v) is 4.80. The molecule has 0 N–H and O–H groups in total. The van der Waals surface area contributed by atoms with E-state index in [1.807, 2.05) is 0 Å². The van der Waals surface area contributed by atoms with Gasteiger partial charge in [0.25, 0.3) is 14.0 Å². The van der Waals surface area contributed by atoms with E-state index in [0.29, 0.717) is 0 Å². The van der Waals surface area contributed by atoms with Crippen LogP contribution in [0.15, 0.2) is 9.98 Å². The molecule has 10 heavy (non-hydrogen) atoms. The Labute approximate surface area is 63.1 Å². The van der Waals surface area contributed by atoms with Crippen molar-refractivity contribution in [2.24, 2.45) is 9.98 Å². The summed E-state index contributed by atoms with van der Waals surface area (Å²) in [6.07, 6.45) is 2.61. The van der Waals surface area contributed by atoms with Crippen molar-refractivity contribution < 1.29 is 8.42 Å². The molecule has 0 unspecified atom stereocenters. The van der Waals surface area contributed by atoms with Gasteiger partial charge in [-0.25, -0.2) is 18.4 Å². The largest absolute Gasteiger partial charge is 0.279 e. The van der Waals surface area contributed by atoms with Crippen molar-refractivity contribution in [2.45, 2.75) is 11.9 Å². The third-order valence-corrected chi connectivity index (χ3v) is 3.17. The number of halogens is 1. The smallest absolute Gasteiger partial charge is 0.246 e. The molecule has 0 saturated heterocycles. The Morgan fingerprint density at radius 2 is 1.80 bits per heavy atom. The second-order valence-electron chi connectivity index (χ2n) is 1.93. The van der Waals surface area contributed by atoms with Gasteiger partial charge in [-0.05, 0) is 6.92 Å². The molecule has 0 atom stereocenters. The van der Waals surface area contributed by atoms with Crippen molar-refractivity contribution in [3.8, 4) is 0 Å². The Bertz CT molecular complexity index is 280. The lowest BCUT2D eigenvalue weighted by molar-refractivity contribution is 0.565. The van der Waals surface area contributed by atoms with Crippen molar-refractivity contribution in [3.63, 3.8) is 0 Å². The molecule has 0 saturated carbocycles. The number of nitrogens with zero attached hydrogens (tertiary/aromatic N) is 2. The van der Waals surface area contributed by atoms with Crippen LogP contribution in [0.3, 0.4) is 0 Å². The topological polar surface area (TPSA) is 58.9 Å². The van der Waals surface area contributed by atoms with Crippen LogP contribution >= 0.6 is 10.7 Å². The summed E-state index contributed by atoms with van der Waals surface area (Å²) in [6.45, 7) is 1.33. The Balaban J connectivity index is 3.14. The average molecular weight is 181 g/mol. The molecule has 1 aliphatic rings. The van der Waals surface area contributed by atoms with Crippen LogP contribution in [0, 0.1) is 0 Å². The van der Waals surface area contributed by atoms with Crippen molar-refractivity contribution in [3.05, 3.63) is 0 Å². The summed E-state index contributed by atoms with van der Waals surface area (Å²) in [5.74, 6) is 0. The second kappa shape index (κ2) is 2.03. The molecule has 0 radical (unpaired) electrons. The van der Waals surface area contributed by atoms with Gasteiger partial charge >= 0.3 is 0 Å². The number of aliphatic imine (C=N–C) groups is 2. The SMILES string of the molecule is CC1(S(=O)(=O)Cl)N=CC=N1. The highest BCUT2D eigenvalue weighted by molar-refractivity contribution is 8.14. The number of hydrogen-bond donors (Lipinski definition) is 0. The minimum Gasteiger partial charge on any atom is -0.246 e. The fourth-order valence-electron chi connectivity index (χ4n) is 0.503. The van der Waals surface area contributed by atoms with Gasteiger partial charge in [-0.3, -0.25) is 0 Å². The van der Waals surface area contributed by atoms with Gasteiger partial charge in [0.2, 0.25) is 0 Å². The molecule has 1 rings (SSSR count). The molecule has 0 aromatic carbocycles. The molecule has 1 heterocycles. The molecule has 4 nitrogen and oxygen atoms in total. The van der Waals surface area contributed by atoms with Crippen LogP contribution in [0.4, 0.5) is 0 Å². The summed E-state index contributed by atoms with van der Waals surface area (Å²) < 4.78 is 21.4. The van der Waals surface area contributed by atoms with E-state index >= 15 is 0 Å². The van der Waals surface area contributed by atoms with Gasteiger partial charge in [0.1, 0.15) is 0 Å². The maximum atomic E-state index is 10.7. The Morgan fingerprint density at radius 1 is 1.40 bits per heavy atom. The normalized spacial score (nSPS) is 21.8. The van der Waals surface area contributed by atoms with Crippen molar-refractivity contribution in [1.29, 1.82) is 0 Å². The maximum absolute atomic E-state index is 10.7. The third-order valence-electron chi connectivity index (χ3n) is 1.16. The zero-order chi connectivity index (χ0) is 7.83. The summed E-state index contributed by atoms with van der Waals surface area (Å²) in [6, 6.07) is 0. The van der Waals surface area contributed by atoms with E-state index < -0.39 is 14.0 Å². The zero-order valence-corrected chi connectivity index (χ0v) is 6.72. The van der Waals surface area contributed by atoms with E-state index in [-0.39, 0.29) is 0 Å². The molecule has 0 aliphatic carbocycles. The molecule has 0 bridgehead atoms. The number of rotatable bonds is 1. The molecular weight excluding hydrogens is 176 g/mol. The summed E-state index contributed by atoms with van der Waals surface area (Å²) in [7, 11) is 1.30. The molecule has 0 aromatic rings. The van der Waals surface area contributed by atoms with Gasteiger partial charge in [0.15, 0.2) is 0 Å². The highest BCUT2D eigenvalue weighted by Gasteiger charge is 2.37. The monoisotopic (exact) mass is 180 g/mol. The summed E-state index contributed by atoms with van der Waals surface area (Å²) >= 11 is 0. The van der Waals surface area contributed by atoms with Gasteiger partial charge in [-0.15, -0.1) is 0 Å². The molecule has 6 heteroatoms. The van der Waals surface area contributed by atoms with Gasteiger partial charge in [-0.1, -0.05) is 0 Å². The van der Waals surface area contributed by atoms with Crippen LogP contribution < -0.4 is 0 Å². The van der Waals surface area contributed by atoms with Crippen LogP contribution in [-0.4, -0.2) is 25.8 Å². The fraction of sp³-hybridized carbons (Fsp3) is 0.500. The predicted molar refractivity (Wildman–Crippen MR) is 40.2 cm³/mol. The predicted octanol–water partition coefficient (Wildman–Crippen LogP) is 0.384. The summed E-state index contributed by atoms with van der Waals surface area (Å²) in [5, 5.41) is 0. The van der Waals surface area contributed by atoms with E-state index in [2.05, 4.69) is 9.98 Å². The lowest BCUT2D eigenvalue weighted by Crippen LogP contribution is -2.24. The minimum atomic E-state index is -3.73. The van der Waals surface area contributed by atoms with E-state index in [1.54, 1.807) is 0 Å². The molecule has 0 amide bonds. The van der Waals surface area contributed by atoms with Crippen LogP contribution in [0.25, 0.3) is 0 Å². The van der Waals surface area contributed by atoms with E-state index in [1.165, 1.54) is 19.4 Å². The molecule has 0 fully saturated rings. The van der Waals surface area contributed by atoms with Crippen LogP contribution in [-0.2, 0) is 9.05 Å². The lowest BCUT2D eigenvalue weighted by Gasteiger charge is -2.11. The quantitative estimate of drug-likeness (QED) is 0.548. The summed E-state index contributed by atoms with van der Waals surface area (Å²) in [4.78, 5) is 5.65. The highest BCUT2D eigenvalue weighted by Crippen LogP contribution is 2.25. The van der Waals surface area contributed by atoms with E-state index in [9.17, 15) is 8.42 Å². The Morgan fingerprint density at radius 3 is 2.00 bits per heavy atom. The third kappa shape index (κ3) is 1.06. The second-order valence-corrected chi connectivity index (χ2v) is 4.80. The zero-order valence-electron chi connectivity index (χ0n) is 5.15. The van der Waals surface area contributed by atoms with Crippen LogP contribution in [0.1, 0.15) is 6.92 Å². The average Bonchev–Trinajstić information content (AvgIpc) is 2.13. The van der Waals surface area contributed by atoms with Gasteiger partial charge in [0.05, 0.1) is 0 Å². The Hall–Kier alpha value is -0.420. The standard InChI is InChI=1S/C4H5ClN2O2S/c1-4(10(5,8)9)6-2-3-7-4/h2-3H,1H3. The molecular formula is C4H5ClN2O2S. The van der Waals surface area contributed by atoms with Crippen molar-refractivity contribution in [1.82, 2.24) is 0 Å². The molecule has 0 aromatic heterocycles. The Kier molecular flexibility index (Phi) is 1.56. The number of hydrogen-bond acceptors (Lipinski definition) is 4. The summed E-state index contributed by atoms with van der Waals surface area (Å²) in [5.41, 5.74) is 0. The first-order valence-electron chi connectivity index (χ1n) is 2.49. The van der Waals surface area contributed by atoms with Crippen molar-refractivity contribution in [2.75, 3.05) is 0 Å². The van der Waals surface area contributed by atoms with Gasteiger partial charge in [-0.2, -0.15) is 0 Å². The highest BCUT2D eigenvalue weighted by atomic mass is 35.7. The maximum Gasteiger partial charge on any atom is 0.279 e. The van der Waals surface area contributed by atoms with Crippen LogP contribution in [0.2, 0.25) is 0 Å². The van der Waals surface area contributed by atoms with Gasteiger partial charge < -0.3 is 0 Å². The van der Waals surface area contributed by atoms with Gasteiger partial charge in [0, 0.05) is 23.1 Å². The van der Waals surface area contributed by atoms with E-state index in [0.717, 1.165) is 0 Å². The fourth-order valence-corrected chi connectivity index (χ4v) is 1.12. The molecule has 1 aliphatic heterocycles. The minimum absolute atomic E-state index is 1.31. The molecule has 56 valence electrons. The lowest BCUT2D eigenvalue weighted by atomic mass is 10.6. The first-order chi connectivity index (χ1) is 4.46. The molecule has 0 spiro atoms.